The molecule has 2 saturated heterocycles. The highest BCUT2D eigenvalue weighted by Gasteiger charge is 2.53. The van der Waals surface area contributed by atoms with Gasteiger partial charge in [-0.1, -0.05) is 13.8 Å². The molecule has 116 valence electrons. The number of guanidine groups is 1. The van der Waals surface area contributed by atoms with Crippen molar-refractivity contribution >= 4 is 5.96 Å². The van der Waals surface area contributed by atoms with Crippen molar-refractivity contribution in [1.82, 2.24) is 15.1 Å². The first-order valence-electron chi connectivity index (χ1n) is 7.56. The van der Waals surface area contributed by atoms with E-state index >= 15 is 0 Å². The van der Waals surface area contributed by atoms with Crippen LogP contribution >= 0.6 is 0 Å². The Labute approximate surface area is 123 Å². The Morgan fingerprint density at radius 1 is 1.35 bits per heavy atom. The molecular weight excluding hydrogens is 252 g/mol. The van der Waals surface area contributed by atoms with Crippen LogP contribution in [0, 0.1) is 5.41 Å². The standard InChI is InChI=1S/C15H30N4O/c1-14(2)11-19(15(14,3)4)13(16-5)17-9-12-10-18(6)7-8-20-12/h12H,7-11H2,1-6H3,(H,16,17). The first-order valence-corrected chi connectivity index (χ1v) is 7.56. The molecule has 0 radical (unpaired) electrons. The molecular formula is C15H30N4O. The summed E-state index contributed by atoms with van der Waals surface area (Å²) in [4.78, 5) is 9.11. The van der Waals surface area contributed by atoms with Crippen LogP contribution in [0.5, 0.6) is 0 Å². The van der Waals surface area contributed by atoms with E-state index in [4.69, 9.17) is 4.74 Å². The third kappa shape index (κ3) is 2.79. The largest absolute Gasteiger partial charge is 0.374 e. The number of ether oxygens (including phenoxy) is 1. The molecule has 0 aromatic rings. The van der Waals surface area contributed by atoms with Gasteiger partial charge in [-0.15, -0.1) is 0 Å². The first-order chi connectivity index (χ1) is 9.28. The predicted octanol–water partition coefficient (Wildman–Crippen LogP) is 1.01. The summed E-state index contributed by atoms with van der Waals surface area (Å²) < 4.78 is 5.79. The summed E-state index contributed by atoms with van der Waals surface area (Å²) in [5.74, 6) is 0.992. The second-order valence-corrected chi connectivity index (χ2v) is 7.21. The molecule has 2 aliphatic heterocycles. The van der Waals surface area contributed by atoms with Gasteiger partial charge in [-0.2, -0.15) is 0 Å². The molecule has 20 heavy (non-hydrogen) atoms. The molecule has 0 saturated carbocycles. The Morgan fingerprint density at radius 2 is 2.05 bits per heavy atom. The van der Waals surface area contributed by atoms with Crippen LogP contribution in [-0.4, -0.2) is 74.3 Å². The minimum absolute atomic E-state index is 0.138. The Hall–Kier alpha value is -0.810. The number of nitrogens with one attached hydrogen (secondary N) is 1. The minimum atomic E-state index is 0.138. The van der Waals surface area contributed by atoms with Crippen molar-refractivity contribution in [2.24, 2.45) is 10.4 Å². The average molecular weight is 282 g/mol. The van der Waals surface area contributed by atoms with Gasteiger partial charge in [0.2, 0.25) is 0 Å². The number of hydrogen-bond donors (Lipinski definition) is 1. The van der Waals surface area contributed by atoms with Gasteiger partial charge in [-0.3, -0.25) is 4.99 Å². The zero-order chi connectivity index (χ0) is 15.0. The SMILES string of the molecule is CN=C(NCC1CN(C)CCO1)N1CC(C)(C)C1(C)C. The maximum atomic E-state index is 5.79. The molecule has 2 fully saturated rings. The van der Waals surface area contributed by atoms with E-state index in [1.807, 2.05) is 7.05 Å². The summed E-state index contributed by atoms with van der Waals surface area (Å²) >= 11 is 0. The Balaban J connectivity index is 1.88. The lowest BCUT2D eigenvalue weighted by Gasteiger charge is -2.62. The molecule has 2 heterocycles. The fourth-order valence-electron chi connectivity index (χ4n) is 2.89. The first kappa shape index (κ1) is 15.6. The zero-order valence-electron chi connectivity index (χ0n) is 13.9. The van der Waals surface area contributed by atoms with Crippen molar-refractivity contribution < 1.29 is 4.74 Å². The second kappa shape index (κ2) is 5.53. The Kier molecular flexibility index (Phi) is 4.30. The maximum Gasteiger partial charge on any atom is 0.194 e. The van der Waals surface area contributed by atoms with E-state index in [1.165, 1.54) is 0 Å². The van der Waals surface area contributed by atoms with Gasteiger partial charge >= 0.3 is 0 Å². The highest BCUT2D eigenvalue weighted by atomic mass is 16.5. The van der Waals surface area contributed by atoms with Gasteiger partial charge in [0, 0.05) is 44.2 Å². The quantitative estimate of drug-likeness (QED) is 0.606. The normalized spacial score (nSPS) is 30.0. The van der Waals surface area contributed by atoms with Crippen molar-refractivity contribution in [2.45, 2.75) is 39.3 Å². The Bertz CT molecular complexity index is 378. The smallest absolute Gasteiger partial charge is 0.194 e. The van der Waals surface area contributed by atoms with E-state index < -0.39 is 0 Å². The highest BCUT2D eigenvalue weighted by molar-refractivity contribution is 5.82. The fourth-order valence-corrected chi connectivity index (χ4v) is 2.89. The summed E-state index contributed by atoms with van der Waals surface area (Å²) in [5, 5.41) is 3.48. The molecule has 0 aromatic heterocycles. The van der Waals surface area contributed by atoms with Crippen LogP contribution in [0.2, 0.25) is 0 Å². The molecule has 1 unspecified atom stereocenters. The monoisotopic (exact) mass is 282 g/mol. The van der Waals surface area contributed by atoms with Crippen LogP contribution in [0.1, 0.15) is 27.7 Å². The number of aliphatic imine (C=N–C) groups is 1. The summed E-state index contributed by atoms with van der Waals surface area (Å²) in [5.41, 5.74) is 0.464. The number of likely N-dealkylation sites (N-methyl/N-ethyl adjacent to an activating group) is 1. The van der Waals surface area contributed by atoms with Crippen LogP contribution in [-0.2, 0) is 4.74 Å². The average Bonchev–Trinajstić information content (AvgIpc) is 2.38. The molecule has 1 atom stereocenters. The van der Waals surface area contributed by atoms with Gasteiger partial charge in [0.05, 0.1) is 12.7 Å². The van der Waals surface area contributed by atoms with E-state index in [1.54, 1.807) is 0 Å². The van der Waals surface area contributed by atoms with Crippen molar-refractivity contribution in [3.63, 3.8) is 0 Å². The number of likely N-dealkylation sites (tertiary alicyclic amines) is 1. The van der Waals surface area contributed by atoms with E-state index in [0.29, 0.717) is 5.41 Å². The summed E-state index contributed by atoms with van der Waals surface area (Å²) in [6.07, 6.45) is 0.253. The molecule has 0 amide bonds. The molecule has 5 heteroatoms. The van der Waals surface area contributed by atoms with E-state index in [-0.39, 0.29) is 11.6 Å². The van der Waals surface area contributed by atoms with Gasteiger partial charge in [0.15, 0.2) is 5.96 Å². The molecule has 0 aromatic carbocycles. The molecule has 1 N–H and O–H groups in total. The lowest BCUT2D eigenvalue weighted by molar-refractivity contribution is -0.0680. The molecule has 0 bridgehead atoms. The Morgan fingerprint density at radius 3 is 2.55 bits per heavy atom. The highest BCUT2D eigenvalue weighted by Crippen LogP contribution is 2.46. The van der Waals surface area contributed by atoms with E-state index in [9.17, 15) is 0 Å². The third-order valence-electron chi connectivity index (χ3n) is 5.18. The van der Waals surface area contributed by atoms with Gasteiger partial charge < -0.3 is 19.9 Å². The van der Waals surface area contributed by atoms with Crippen LogP contribution in [0.15, 0.2) is 4.99 Å². The van der Waals surface area contributed by atoms with E-state index in [0.717, 1.165) is 38.7 Å². The van der Waals surface area contributed by atoms with Crippen LogP contribution in [0.4, 0.5) is 0 Å². The third-order valence-corrected chi connectivity index (χ3v) is 5.18. The molecule has 0 aliphatic carbocycles. The van der Waals surface area contributed by atoms with Crippen LogP contribution in [0.25, 0.3) is 0 Å². The lowest BCUT2D eigenvalue weighted by atomic mass is 9.65. The molecule has 2 rings (SSSR count). The maximum absolute atomic E-state index is 5.79. The lowest BCUT2D eigenvalue weighted by Crippen LogP contribution is -2.72. The van der Waals surface area contributed by atoms with Crippen molar-refractivity contribution in [3.05, 3.63) is 0 Å². The van der Waals surface area contributed by atoms with Gasteiger partial charge in [-0.05, 0) is 20.9 Å². The van der Waals surface area contributed by atoms with Gasteiger partial charge in [0.1, 0.15) is 0 Å². The fraction of sp³-hybridized carbons (Fsp3) is 0.933. The zero-order valence-corrected chi connectivity index (χ0v) is 13.9. The molecule has 2 aliphatic rings. The summed E-state index contributed by atoms with van der Waals surface area (Å²) in [6.45, 7) is 13.9. The van der Waals surface area contributed by atoms with Gasteiger partial charge in [-0.25, -0.2) is 0 Å². The number of rotatable bonds is 2. The van der Waals surface area contributed by atoms with Crippen molar-refractivity contribution in [1.29, 1.82) is 0 Å². The summed E-state index contributed by atoms with van der Waals surface area (Å²) in [6, 6.07) is 0. The van der Waals surface area contributed by atoms with Crippen LogP contribution in [0.3, 0.4) is 0 Å². The summed E-state index contributed by atoms with van der Waals surface area (Å²) in [7, 11) is 4.00. The topological polar surface area (TPSA) is 40.1 Å². The minimum Gasteiger partial charge on any atom is -0.374 e. The van der Waals surface area contributed by atoms with Gasteiger partial charge in [0.25, 0.3) is 0 Å². The van der Waals surface area contributed by atoms with Crippen LogP contribution < -0.4 is 5.32 Å². The predicted molar refractivity (Wildman–Crippen MR) is 83.2 cm³/mol. The number of hydrogen-bond acceptors (Lipinski definition) is 3. The van der Waals surface area contributed by atoms with E-state index in [2.05, 4.69) is 54.9 Å². The van der Waals surface area contributed by atoms with Crippen molar-refractivity contribution in [3.8, 4) is 0 Å². The molecule has 0 spiro atoms. The number of morpholine rings is 1. The second-order valence-electron chi connectivity index (χ2n) is 7.21. The molecule has 5 nitrogen and oxygen atoms in total. The number of nitrogens with zero attached hydrogens (tertiary/aromatic N) is 3. The van der Waals surface area contributed by atoms with Crippen molar-refractivity contribution in [2.75, 3.05) is 46.9 Å².